The van der Waals surface area contributed by atoms with Gasteiger partial charge in [-0.05, 0) is 51.2 Å². The fourth-order valence-corrected chi connectivity index (χ4v) is 3.08. The van der Waals surface area contributed by atoms with Crippen molar-refractivity contribution in [3.8, 4) is 5.75 Å². The molecule has 0 saturated carbocycles. The summed E-state index contributed by atoms with van der Waals surface area (Å²) < 4.78 is 32.2. The molecule has 0 aromatic heterocycles. The van der Waals surface area contributed by atoms with Crippen molar-refractivity contribution < 1.29 is 13.2 Å². The maximum absolute atomic E-state index is 12.2. The van der Waals surface area contributed by atoms with E-state index in [4.69, 9.17) is 4.74 Å². The van der Waals surface area contributed by atoms with Gasteiger partial charge in [0.1, 0.15) is 5.75 Å². The lowest BCUT2D eigenvalue weighted by Gasteiger charge is -2.14. The van der Waals surface area contributed by atoms with Crippen molar-refractivity contribution in [3.05, 3.63) is 23.3 Å². The first-order chi connectivity index (χ1) is 8.77. The molecule has 1 N–H and O–H groups in total. The van der Waals surface area contributed by atoms with E-state index in [2.05, 4.69) is 4.72 Å². The minimum absolute atomic E-state index is 0.310. The Morgan fingerprint density at radius 3 is 2.37 bits per heavy atom. The molecule has 0 bridgehead atoms. The minimum atomic E-state index is -3.47. The summed E-state index contributed by atoms with van der Waals surface area (Å²) in [5, 5.41) is 0. The van der Waals surface area contributed by atoms with Crippen LogP contribution in [0.4, 0.5) is 0 Å². The first-order valence-electron chi connectivity index (χ1n) is 6.07. The second kappa shape index (κ2) is 6.36. The Balaban J connectivity index is 2.98. The molecule has 1 aromatic carbocycles. The SMILES string of the molecule is COc1cc(C)c(S(=O)(=O)NCCN(C)C)cc1C. The number of likely N-dealkylation sites (N-methyl/N-ethyl adjacent to an activating group) is 1. The van der Waals surface area contributed by atoms with Gasteiger partial charge in [-0.15, -0.1) is 0 Å². The van der Waals surface area contributed by atoms with Gasteiger partial charge in [0.25, 0.3) is 0 Å². The van der Waals surface area contributed by atoms with Crippen molar-refractivity contribution in [2.24, 2.45) is 0 Å². The summed E-state index contributed by atoms with van der Waals surface area (Å²) in [4.78, 5) is 2.24. The normalized spacial score (nSPS) is 11.9. The molecule has 0 radical (unpaired) electrons. The minimum Gasteiger partial charge on any atom is -0.496 e. The summed E-state index contributed by atoms with van der Waals surface area (Å²) >= 11 is 0. The average molecular weight is 286 g/mol. The van der Waals surface area contributed by atoms with Gasteiger partial charge in [0.05, 0.1) is 12.0 Å². The van der Waals surface area contributed by atoms with Crippen molar-refractivity contribution in [1.82, 2.24) is 9.62 Å². The number of rotatable bonds is 6. The van der Waals surface area contributed by atoms with Crippen LogP contribution in [-0.4, -0.2) is 47.6 Å². The molecule has 1 rings (SSSR count). The molecule has 108 valence electrons. The predicted octanol–water partition coefficient (Wildman–Crippen LogP) is 1.15. The lowest BCUT2D eigenvalue weighted by Crippen LogP contribution is -2.31. The van der Waals surface area contributed by atoms with E-state index in [1.807, 2.05) is 25.9 Å². The third-order valence-corrected chi connectivity index (χ3v) is 4.44. The van der Waals surface area contributed by atoms with Crippen LogP contribution in [0.2, 0.25) is 0 Å². The van der Waals surface area contributed by atoms with Crippen LogP contribution < -0.4 is 9.46 Å². The van der Waals surface area contributed by atoms with Gasteiger partial charge in [0.2, 0.25) is 10.0 Å². The second-order valence-corrected chi connectivity index (χ2v) is 6.52. The van der Waals surface area contributed by atoms with E-state index in [1.54, 1.807) is 26.2 Å². The molecular weight excluding hydrogens is 264 g/mol. The fourth-order valence-electron chi connectivity index (χ4n) is 1.75. The van der Waals surface area contributed by atoms with E-state index in [-0.39, 0.29) is 0 Å². The van der Waals surface area contributed by atoms with Gasteiger partial charge in [0, 0.05) is 13.1 Å². The summed E-state index contributed by atoms with van der Waals surface area (Å²) in [6, 6.07) is 3.39. The van der Waals surface area contributed by atoms with Crippen LogP contribution in [0.5, 0.6) is 5.75 Å². The molecule has 0 fully saturated rings. The van der Waals surface area contributed by atoms with Crippen LogP contribution in [0.3, 0.4) is 0 Å². The molecule has 0 spiro atoms. The Kier molecular flexibility index (Phi) is 5.34. The molecular formula is C13H22N2O3S. The molecule has 6 heteroatoms. The van der Waals surface area contributed by atoms with Gasteiger partial charge in [-0.1, -0.05) is 0 Å². The summed E-state index contributed by atoms with van der Waals surface area (Å²) in [6.45, 7) is 4.65. The molecule has 1 aromatic rings. The summed E-state index contributed by atoms with van der Waals surface area (Å²) in [7, 11) is 1.91. The number of aryl methyl sites for hydroxylation is 2. The van der Waals surface area contributed by atoms with Crippen LogP contribution in [0.1, 0.15) is 11.1 Å². The number of hydrogen-bond donors (Lipinski definition) is 1. The van der Waals surface area contributed by atoms with Crippen molar-refractivity contribution in [2.75, 3.05) is 34.3 Å². The highest BCUT2D eigenvalue weighted by molar-refractivity contribution is 7.89. The van der Waals surface area contributed by atoms with E-state index in [0.29, 0.717) is 29.3 Å². The number of ether oxygens (including phenoxy) is 1. The van der Waals surface area contributed by atoms with Gasteiger partial charge >= 0.3 is 0 Å². The number of nitrogens with one attached hydrogen (secondary N) is 1. The highest BCUT2D eigenvalue weighted by Crippen LogP contribution is 2.25. The monoisotopic (exact) mass is 286 g/mol. The third kappa shape index (κ3) is 4.19. The quantitative estimate of drug-likeness (QED) is 0.852. The predicted molar refractivity (Wildman–Crippen MR) is 76.2 cm³/mol. The molecule has 0 aliphatic carbocycles. The molecule has 19 heavy (non-hydrogen) atoms. The topological polar surface area (TPSA) is 58.6 Å². The van der Waals surface area contributed by atoms with Gasteiger partial charge in [0.15, 0.2) is 0 Å². The zero-order chi connectivity index (χ0) is 14.6. The maximum Gasteiger partial charge on any atom is 0.240 e. The Labute approximate surface area is 115 Å². The van der Waals surface area contributed by atoms with E-state index >= 15 is 0 Å². The van der Waals surface area contributed by atoms with Crippen LogP contribution in [0, 0.1) is 13.8 Å². The number of methoxy groups -OCH3 is 1. The lowest BCUT2D eigenvalue weighted by atomic mass is 10.1. The Morgan fingerprint density at radius 1 is 1.21 bits per heavy atom. The number of sulfonamides is 1. The van der Waals surface area contributed by atoms with E-state index in [1.165, 1.54) is 0 Å². The van der Waals surface area contributed by atoms with Gasteiger partial charge in [-0.2, -0.15) is 0 Å². The molecule has 0 heterocycles. The summed E-state index contributed by atoms with van der Waals surface area (Å²) in [5.41, 5.74) is 1.49. The molecule has 0 saturated heterocycles. The Hall–Kier alpha value is -1.11. The third-order valence-electron chi connectivity index (χ3n) is 2.83. The Bertz CT molecular complexity index is 539. The first-order valence-corrected chi connectivity index (χ1v) is 7.56. The lowest BCUT2D eigenvalue weighted by molar-refractivity contribution is 0.410. The zero-order valence-corrected chi connectivity index (χ0v) is 13.0. The standard InChI is InChI=1S/C13H22N2O3S/c1-10-9-13(11(2)8-12(10)18-5)19(16,17)14-6-7-15(3)4/h8-9,14H,6-7H2,1-5H3. The van der Waals surface area contributed by atoms with Crippen molar-refractivity contribution in [3.63, 3.8) is 0 Å². The molecule has 0 atom stereocenters. The van der Waals surface area contributed by atoms with Crippen molar-refractivity contribution >= 4 is 10.0 Å². The average Bonchev–Trinajstić information content (AvgIpc) is 2.30. The first kappa shape index (κ1) is 15.9. The van der Waals surface area contributed by atoms with E-state index in [0.717, 1.165) is 5.56 Å². The molecule has 0 aliphatic rings. The maximum atomic E-state index is 12.2. The van der Waals surface area contributed by atoms with Crippen LogP contribution >= 0.6 is 0 Å². The fraction of sp³-hybridized carbons (Fsp3) is 0.538. The van der Waals surface area contributed by atoms with E-state index in [9.17, 15) is 8.42 Å². The second-order valence-electron chi connectivity index (χ2n) is 4.79. The van der Waals surface area contributed by atoms with Gasteiger partial charge in [-0.3, -0.25) is 0 Å². The molecule has 0 unspecified atom stereocenters. The molecule has 0 amide bonds. The van der Waals surface area contributed by atoms with Crippen LogP contribution in [-0.2, 0) is 10.0 Å². The van der Waals surface area contributed by atoms with Gasteiger partial charge in [-0.25, -0.2) is 13.1 Å². The smallest absolute Gasteiger partial charge is 0.240 e. The summed E-state index contributed by atoms with van der Waals surface area (Å²) in [5.74, 6) is 0.699. The van der Waals surface area contributed by atoms with Gasteiger partial charge < -0.3 is 9.64 Å². The van der Waals surface area contributed by atoms with Crippen LogP contribution in [0.15, 0.2) is 17.0 Å². The summed E-state index contributed by atoms with van der Waals surface area (Å²) in [6.07, 6.45) is 0. The highest BCUT2D eigenvalue weighted by atomic mass is 32.2. The highest BCUT2D eigenvalue weighted by Gasteiger charge is 2.18. The van der Waals surface area contributed by atoms with Crippen molar-refractivity contribution in [2.45, 2.75) is 18.7 Å². The zero-order valence-electron chi connectivity index (χ0n) is 12.1. The number of hydrogen-bond acceptors (Lipinski definition) is 4. The number of nitrogens with zero attached hydrogens (tertiary/aromatic N) is 1. The van der Waals surface area contributed by atoms with E-state index < -0.39 is 10.0 Å². The Morgan fingerprint density at radius 2 is 1.84 bits per heavy atom. The van der Waals surface area contributed by atoms with Crippen molar-refractivity contribution in [1.29, 1.82) is 0 Å². The largest absolute Gasteiger partial charge is 0.496 e. The molecule has 0 aliphatic heterocycles. The molecule has 5 nitrogen and oxygen atoms in total. The number of benzene rings is 1. The van der Waals surface area contributed by atoms with Crippen LogP contribution in [0.25, 0.3) is 0 Å².